The Labute approximate surface area is 121 Å². The van der Waals surface area contributed by atoms with Gasteiger partial charge in [0.2, 0.25) is 0 Å². The third kappa shape index (κ3) is 3.64. The van der Waals surface area contributed by atoms with Crippen LogP contribution in [0.1, 0.15) is 17.2 Å². The summed E-state index contributed by atoms with van der Waals surface area (Å²) in [5.74, 6) is -1.03. The SMILES string of the molecule is O=C(O)[C@@H](NCc1ccccc1[N+](=O)[O-])c1ccccc1. The minimum Gasteiger partial charge on any atom is -0.480 e. The lowest BCUT2D eigenvalue weighted by Crippen LogP contribution is -2.28. The van der Waals surface area contributed by atoms with E-state index in [2.05, 4.69) is 5.32 Å². The van der Waals surface area contributed by atoms with E-state index >= 15 is 0 Å². The van der Waals surface area contributed by atoms with Gasteiger partial charge in [-0.05, 0) is 5.56 Å². The average molecular weight is 286 g/mol. The van der Waals surface area contributed by atoms with E-state index in [9.17, 15) is 20.0 Å². The minimum absolute atomic E-state index is 0.0257. The number of carboxylic acid groups (broad SMARTS) is 1. The van der Waals surface area contributed by atoms with E-state index in [1.807, 2.05) is 0 Å². The fraction of sp³-hybridized carbons (Fsp3) is 0.133. The summed E-state index contributed by atoms with van der Waals surface area (Å²) < 4.78 is 0. The summed E-state index contributed by atoms with van der Waals surface area (Å²) in [5.41, 5.74) is 1.02. The predicted molar refractivity (Wildman–Crippen MR) is 76.8 cm³/mol. The number of hydrogen-bond acceptors (Lipinski definition) is 4. The highest BCUT2D eigenvalue weighted by molar-refractivity contribution is 5.75. The third-order valence-corrected chi connectivity index (χ3v) is 3.06. The molecule has 0 heterocycles. The largest absolute Gasteiger partial charge is 0.480 e. The van der Waals surface area contributed by atoms with Gasteiger partial charge < -0.3 is 5.11 Å². The first-order chi connectivity index (χ1) is 10.1. The van der Waals surface area contributed by atoms with Crippen molar-refractivity contribution in [1.29, 1.82) is 0 Å². The highest BCUT2D eigenvalue weighted by Gasteiger charge is 2.20. The van der Waals surface area contributed by atoms with Gasteiger partial charge in [-0.2, -0.15) is 0 Å². The number of nitrogens with zero attached hydrogens (tertiary/aromatic N) is 1. The number of benzene rings is 2. The molecular formula is C15H14N2O4. The van der Waals surface area contributed by atoms with E-state index in [1.54, 1.807) is 48.5 Å². The highest BCUT2D eigenvalue weighted by atomic mass is 16.6. The Bertz CT molecular complexity index is 643. The molecular weight excluding hydrogens is 272 g/mol. The first kappa shape index (κ1) is 14.7. The molecule has 0 aromatic heterocycles. The summed E-state index contributed by atoms with van der Waals surface area (Å²) in [6, 6.07) is 14.0. The highest BCUT2D eigenvalue weighted by Crippen LogP contribution is 2.19. The molecule has 6 nitrogen and oxygen atoms in total. The summed E-state index contributed by atoms with van der Waals surface area (Å²) in [7, 11) is 0. The fourth-order valence-electron chi connectivity index (χ4n) is 2.04. The molecule has 0 saturated heterocycles. The number of carbonyl (C=O) groups is 1. The Morgan fingerprint density at radius 1 is 1.14 bits per heavy atom. The Morgan fingerprint density at radius 3 is 2.38 bits per heavy atom. The molecule has 0 fully saturated rings. The summed E-state index contributed by atoms with van der Waals surface area (Å²) in [6.45, 7) is 0.100. The Hall–Kier alpha value is -2.73. The first-order valence-electron chi connectivity index (χ1n) is 6.33. The molecule has 0 aliphatic rings. The molecule has 0 saturated carbocycles. The molecule has 0 amide bonds. The molecule has 2 rings (SSSR count). The molecule has 6 heteroatoms. The van der Waals surface area contributed by atoms with Gasteiger partial charge in [0.05, 0.1) is 4.92 Å². The van der Waals surface area contributed by atoms with Crippen LogP contribution in [-0.4, -0.2) is 16.0 Å². The van der Waals surface area contributed by atoms with Gasteiger partial charge in [-0.15, -0.1) is 0 Å². The van der Waals surface area contributed by atoms with Crippen LogP contribution in [0.3, 0.4) is 0 Å². The van der Waals surface area contributed by atoms with E-state index in [-0.39, 0.29) is 12.2 Å². The van der Waals surface area contributed by atoms with E-state index in [0.29, 0.717) is 11.1 Å². The number of carboxylic acids is 1. The lowest BCUT2D eigenvalue weighted by atomic mass is 10.1. The molecule has 108 valence electrons. The van der Waals surface area contributed by atoms with Crippen LogP contribution >= 0.6 is 0 Å². The maximum Gasteiger partial charge on any atom is 0.325 e. The molecule has 2 N–H and O–H groups in total. The Balaban J connectivity index is 2.17. The number of para-hydroxylation sites is 1. The van der Waals surface area contributed by atoms with Crippen molar-refractivity contribution in [2.75, 3.05) is 0 Å². The van der Waals surface area contributed by atoms with Crippen molar-refractivity contribution in [2.45, 2.75) is 12.6 Å². The normalized spacial score (nSPS) is 11.8. The second-order valence-corrected chi connectivity index (χ2v) is 4.45. The van der Waals surface area contributed by atoms with Crippen LogP contribution in [0.2, 0.25) is 0 Å². The molecule has 0 aliphatic carbocycles. The number of nitrogens with one attached hydrogen (secondary N) is 1. The number of nitro groups is 1. The van der Waals surface area contributed by atoms with Crippen LogP contribution in [0.15, 0.2) is 54.6 Å². The zero-order chi connectivity index (χ0) is 15.2. The van der Waals surface area contributed by atoms with Gasteiger partial charge in [-0.1, -0.05) is 48.5 Å². The molecule has 2 aromatic carbocycles. The zero-order valence-corrected chi connectivity index (χ0v) is 11.1. The first-order valence-corrected chi connectivity index (χ1v) is 6.33. The number of hydrogen-bond donors (Lipinski definition) is 2. The van der Waals surface area contributed by atoms with Gasteiger partial charge in [-0.25, -0.2) is 0 Å². The van der Waals surface area contributed by atoms with Gasteiger partial charge >= 0.3 is 5.97 Å². The Morgan fingerprint density at radius 2 is 1.76 bits per heavy atom. The van der Waals surface area contributed by atoms with Crippen molar-refractivity contribution in [3.8, 4) is 0 Å². The van der Waals surface area contributed by atoms with Crippen molar-refractivity contribution in [3.63, 3.8) is 0 Å². The van der Waals surface area contributed by atoms with Gasteiger partial charge in [0.1, 0.15) is 6.04 Å². The topological polar surface area (TPSA) is 92.5 Å². The second kappa shape index (κ2) is 6.62. The summed E-state index contributed by atoms with van der Waals surface area (Å²) in [4.78, 5) is 21.8. The lowest BCUT2D eigenvalue weighted by Gasteiger charge is -2.14. The van der Waals surface area contributed by atoms with Gasteiger partial charge in [-0.3, -0.25) is 20.2 Å². The summed E-state index contributed by atoms with van der Waals surface area (Å²) in [6.07, 6.45) is 0. The maximum absolute atomic E-state index is 11.3. The van der Waals surface area contributed by atoms with Gasteiger partial charge in [0, 0.05) is 18.2 Å². The molecule has 2 aromatic rings. The van der Waals surface area contributed by atoms with Crippen molar-refractivity contribution < 1.29 is 14.8 Å². The molecule has 0 radical (unpaired) electrons. The predicted octanol–water partition coefficient (Wildman–Crippen LogP) is 2.51. The molecule has 0 unspecified atom stereocenters. The summed E-state index contributed by atoms with van der Waals surface area (Å²) in [5, 5.41) is 23.1. The van der Waals surface area contributed by atoms with Crippen molar-refractivity contribution in [2.24, 2.45) is 0 Å². The van der Waals surface area contributed by atoms with Crippen molar-refractivity contribution in [1.82, 2.24) is 5.32 Å². The fourth-order valence-corrected chi connectivity index (χ4v) is 2.04. The lowest BCUT2D eigenvalue weighted by molar-refractivity contribution is -0.385. The minimum atomic E-state index is -1.03. The average Bonchev–Trinajstić information content (AvgIpc) is 2.48. The molecule has 1 atom stereocenters. The van der Waals surface area contributed by atoms with Crippen LogP contribution in [0, 0.1) is 10.1 Å². The number of nitro benzene ring substituents is 1. The zero-order valence-electron chi connectivity index (χ0n) is 11.1. The molecule has 0 aliphatic heterocycles. The monoisotopic (exact) mass is 286 g/mol. The number of aliphatic carboxylic acids is 1. The van der Waals surface area contributed by atoms with Crippen LogP contribution < -0.4 is 5.32 Å². The molecule has 0 spiro atoms. The van der Waals surface area contributed by atoms with Crippen molar-refractivity contribution >= 4 is 11.7 Å². The second-order valence-electron chi connectivity index (χ2n) is 4.45. The molecule has 0 bridgehead atoms. The van der Waals surface area contributed by atoms with Crippen LogP contribution in [-0.2, 0) is 11.3 Å². The van der Waals surface area contributed by atoms with Gasteiger partial charge in [0.15, 0.2) is 0 Å². The van der Waals surface area contributed by atoms with E-state index < -0.39 is 16.9 Å². The van der Waals surface area contributed by atoms with E-state index in [4.69, 9.17) is 0 Å². The third-order valence-electron chi connectivity index (χ3n) is 3.06. The molecule has 21 heavy (non-hydrogen) atoms. The maximum atomic E-state index is 11.3. The quantitative estimate of drug-likeness (QED) is 0.628. The standard InChI is InChI=1S/C15H14N2O4/c18-15(19)14(11-6-2-1-3-7-11)16-10-12-8-4-5-9-13(12)17(20)21/h1-9,14,16H,10H2,(H,18,19)/t14-/m0/s1. The Kier molecular flexibility index (Phi) is 4.63. The van der Waals surface area contributed by atoms with Gasteiger partial charge in [0.25, 0.3) is 5.69 Å². The van der Waals surface area contributed by atoms with E-state index in [0.717, 1.165) is 0 Å². The van der Waals surface area contributed by atoms with Crippen molar-refractivity contribution in [3.05, 3.63) is 75.8 Å². The smallest absolute Gasteiger partial charge is 0.325 e. The summed E-state index contributed by atoms with van der Waals surface area (Å²) >= 11 is 0. The van der Waals surface area contributed by atoms with E-state index in [1.165, 1.54) is 6.07 Å². The van der Waals surface area contributed by atoms with Crippen LogP contribution in [0.5, 0.6) is 0 Å². The van der Waals surface area contributed by atoms with Crippen LogP contribution in [0.4, 0.5) is 5.69 Å². The number of rotatable bonds is 6. The van der Waals surface area contributed by atoms with Crippen LogP contribution in [0.25, 0.3) is 0 Å².